The molecule has 0 rings (SSSR count). The molecule has 0 radical (unpaired) electrons. The van der Waals surface area contributed by atoms with Crippen LogP contribution in [0.3, 0.4) is 0 Å². The zero-order chi connectivity index (χ0) is 8.20. The van der Waals surface area contributed by atoms with Crippen molar-refractivity contribution in [2.45, 2.75) is 0 Å². The Morgan fingerprint density at radius 3 is 2.40 bits per heavy atom. The van der Waals surface area contributed by atoms with Crippen molar-refractivity contribution >= 4 is 13.8 Å². The molecule has 0 aromatic heterocycles. The summed E-state index contributed by atoms with van der Waals surface area (Å²) in [5, 5.41) is 0. The molecule has 0 saturated heterocycles. The summed E-state index contributed by atoms with van der Waals surface area (Å²) in [4.78, 5) is 29.8. The van der Waals surface area contributed by atoms with Gasteiger partial charge in [0.25, 0.3) is 0 Å². The van der Waals surface area contributed by atoms with E-state index in [1.165, 1.54) is 0 Å². The molecule has 0 spiro atoms. The zero-order valence-corrected chi connectivity index (χ0v) is 5.65. The van der Waals surface area contributed by atoms with Gasteiger partial charge in [0.05, 0.1) is 0 Å². The van der Waals surface area contributed by atoms with E-state index in [0.717, 1.165) is 0 Å². The second kappa shape index (κ2) is 3.65. The lowest BCUT2D eigenvalue weighted by Gasteiger charge is -2.02. The van der Waals surface area contributed by atoms with Crippen LogP contribution in [-0.4, -0.2) is 22.4 Å². The first kappa shape index (κ1) is 9.54. The summed E-state index contributed by atoms with van der Waals surface area (Å²) in [7, 11) is -4.74. The monoisotopic (exact) mass is 171 g/mol. The van der Waals surface area contributed by atoms with Crippen molar-refractivity contribution in [2.24, 2.45) is 5.90 Å². The lowest BCUT2D eigenvalue weighted by atomic mass is 10.8. The highest BCUT2D eigenvalue weighted by atomic mass is 31.2. The number of hydrogen-bond donors (Lipinski definition) is 3. The van der Waals surface area contributed by atoms with E-state index < -0.39 is 20.4 Å². The molecule has 0 fully saturated rings. The molecule has 0 aromatic carbocycles. The fraction of sp³-hybridized carbons (Fsp3) is 0.500. The molecular weight excluding hydrogens is 165 g/mol. The maximum atomic E-state index is 10.1. The first-order chi connectivity index (χ1) is 4.45. The maximum Gasteiger partial charge on any atom is 0.527 e. The average molecular weight is 171 g/mol. The number of carbonyl (C=O) groups is 1. The van der Waals surface area contributed by atoms with Gasteiger partial charge in [0, 0.05) is 0 Å². The molecule has 0 aromatic rings. The van der Waals surface area contributed by atoms with Crippen LogP contribution in [0.4, 0.5) is 0 Å². The van der Waals surface area contributed by atoms with Gasteiger partial charge < -0.3 is 4.52 Å². The molecule has 8 heteroatoms. The van der Waals surface area contributed by atoms with Crippen molar-refractivity contribution in [3.63, 3.8) is 0 Å². The van der Waals surface area contributed by atoms with Gasteiger partial charge in [0.2, 0.25) is 0 Å². The van der Waals surface area contributed by atoms with E-state index in [1.807, 2.05) is 0 Å². The number of nitrogens with two attached hydrogens (primary N) is 1. The predicted octanol–water partition coefficient (Wildman–Crippen LogP) is -1.49. The van der Waals surface area contributed by atoms with E-state index in [1.54, 1.807) is 0 Å². The topological polar surface area (TPSA) is 119 Å². The molecule has 0 aliphatic rings. The van der Waals surface area contributed by atoms with Gasteiger partial charge in [-0.2, -0.15) is 0 Å². The number of carbonyl (C=O) groups excluding carboxylic acids is 1. The van der Waals surface area contributed by atoms with Crippen LogP contribution >= 0.6 is 7.82 Å². The molecular formula is C2H6NO6P. The Hall–Kier alpha value is -0.460. The van der Waals surface area contributed by atoms with E-state index in [9.17, 15) is 9.36 Å². The number of rotatable bonds is 3. The minimum atomic E-state index is -4.74. The summed E-state index contributed by atoms with van der Waals surface area (Å²) in [5.74, 6) is 3.18. The van der Waals surface area contributed by atoms with Gasteiger partial charge in [0.15, 0.2) is 6.61 Å². The van der Waals surface area contributed by atoms with Gasteiger partial charge in [0.1, 0.15) is 0 Å². The van der Waals surface area contributed by atoms with Gasteiger partial charge in [-0.3, -0.25) is 14.6 Å². The summed E-state index contributed by atoms with van der Waals surface area (Å²) in [6, 6.07) is 0. The van der Waals surface area contributed by atoms with Crippen LogP contribution in [0.25, 0.3) is 0 Å². The Labute approximate surface area is 55.9 Å². The van der Waals surface area contributed by atoms with Crippen LogP contribution in [0.15, 0.2) is 0 Å². The molecule has 10 heavy (non-hydrogen) atoms. The quantitative estimate of drug-likeness (QED) is 0.349. The van der Waals surface area contributed by atoms with Crippen LogP contribution in [0, 0.1) is 0 Å². The Morgan fingerprint density at radius 1 is 1.60 bits per heavy atom. The Balaban J connectivity index is 3.70. The van der Waals surface area contributed by atoms with Crippen molar-refractivity contribution < 1.29 is 28.5 Å². The molecule has 0 atom stereocenters. The predicted molar refractivity (Wildman–Crippen MR) is 28.3 cm³/mol. The molecule has 0 aliphatic heterocycles. The van der Waals surface area contributed by atoms with Crippen LogP contribution in [0.5, 0.6) is 0 Å². The van der Waals surface area contributed by atoms with E-state index in [4.69, 9.17) is 9.79 Å². The number of hydrogen-bond acceptors (Lipinski definition) is 5. The number of phosphoric ester groups is 1. The van der Waals surface area contributed by atoms with Crippen LogP contribution in [0.1, 0.15) is 0 Å². The molecule has 0 bridgehead atoms. The molecule has 0 aliphatic carbocycles. The SMILES string of the molecule is NOCC(=O)OP(=O)(O)O. The summed E-state index contributed by atoms with van der Waals surface area (Å²) in [6.45, 7) is -0.689. The fourth-order valence-electron chi connectivity index (χ4n) is 0.227. The molecule has 4 N–H and O–H groups in total. The summed E-state index contributed by atoms with van der Waals surface area (Å²) in [6.07, 6.45) is 0. The lowest BCUT2D eigenvalue weighted by molar-refractivity contribution is -0.140. The van der Waals surface area contributed by atoms with Gasteiger partial charge in [-0.25, -0.2) is 15.3 Å². The van der Waals surface area contributed by atoms with Crippen molar-refractivity contribution in [1.82, 2.24) is 0 Å². The molecule has 60 valence electrons. The van der Waals surface area contributed by atoms with Crippen LogP contribution in [0.2, 0.25) is 0 Å². The average Bonchev–Trinajstić information content (AvgIpc) is 1.59. The van der Waals surface area contributed by atoms with E-state index in [-0.39, 0.29) is 0 Å². The van der Waals surface area contributed by atoms with Crippen LogP contribution < -0.4 is 5.90 Å². The van der Waals surface area contributed by atoms with Crippen LogP contribution in [-0.2, 0) is 18.7 Å². The first-order valence-corrected chi connectivity index (χ1v) is 3.58. The summed E-state index contributed by atoms with van der Waals surface area (Å²) < 4.78 is 13.4. The summed E-state index contributed by atoms with van der Waals surface area (Å²) >= 11 is 0. The third-order valence-electron chi connectivity index (χ3n) is 0.422. The van der Waals surface area contributed by atoms with Crippen molar-refractivity contribution in [3.05, 3.63) is 0 Å². The third kappa shape index (κ3) is 5.67. The smallest absolute Gasteiger partial charge is 0.369 e. The summed E-state index contributed by atoms with van der Waals surface area (Å²) in [5.41, 5.74) is 0. The third-order valence-corrected chi connectivity index (χ3v) is 0.863. The van der Waals surface area contributed by atoms with E-state index in [0.29, 0.717) is 0 Å². The van der Waals surface area contributed by atoms with Gasteiger partial charge in [-0.1, -0.05) is 0 Å². The highest BCUT2D eigenvalue weighted by molar-refractivity contribution is 7.46. The van der Waals surface area contributed by atoms with Crippen molar-refractivity contribution in [1.29, 1.82) is 0 Å². The Morgan fingerprint density at radius 2 is 2.10 bits per heavy atom. The maximum absolute atomic E-state index is 10.1. The first-order valence-electron chi connectivity index (χ1n) is 2.05. The standard InChI is InChI=1S/C2H6NO6P/c3-8-1-2(4)9-10(5,6)7/h1,3H2,(H2,5,6,7). The largest absolute Gasteiger partial charge is 0.527 e. The molecule has 0 saturated carbocycles. The van der Waals surface area contributed by atoms with Gasteiger partial charge in [-0.05, 0) is 0 Å². The van der Waals surface area contributed by atoms with Crippen molar-refractivity contribution in [3.8, 4) is 0 Å². The molecule has 0 unspecified atom stereocenters. The van der Waals surface area contributed by atoms with Gasteiger partial charge in [-0.15, -0.1) is 0 Å². The minimum Gasteiger partial charge on any atom is -0.369 e. The van der Waals surface area contributed by atoms with E-state index >= 15 is 0 Å². The zero-order valence-electron chi connectivity index (χ0n) is 4.76. The Bertz CT molecular complexity index is 161. The fourth-order valence-corrected chi connectivity index (χ4v) is 0.545. The van der Waals surface area contributed by atoms with Crippen molar-refractivity contribution in [2.75, 3.05) is 6.61 Å². The second-order valence-corrected chi connectivity index (χ2v) is 2.43. The molecule has 0 amide bonds. The second-order valence-electron chi connectivity index (χ2n) is 1.26. The molecule has 0 heterocycles. The number of phosphoric acid groups is 1. The normalized spacial score (nSPS) is 11.1. The Kier molecular flexibility index (Phi) is 3.48. The highest BCUT2D eigenvalue weighted by Crippen LogP contribution is 2.35. The molecule has 7 nitrogen and oxygen atoms in total. The lowest BCUT2D eigenvalue weighted by Crippen LogP contribution is -2.14. The van der Waals surface area contributed by atoms with E-state index in [2.05, 4.69) is 15.3 Å². The van der Waals surface area contributed by atoms with Gasteiger partial charge >= 0.3 is 13.8 Å². The minimum absolute atomic E-state index is 0.689. The highest BCUT2D eigenvalue weighted by Gasteiger charge is 2.19.